The van der Waals surface area contributed by atoms with Crippen molar-refractivity contribution in [1.29, 1.82) is 0 Å². The van der Waals surface area contributed by atoms with Gasteiger partial charge in [-0.1, -0.05) is 25.5 Å². The molecule has 0 aromatic heterocycles. The summed E-state index contributed by atoms with van der Waals surface area (Å²) in [6, 6.07) is 0. The van der Waals surface area contributed by atoms with Gasteiger partial charge in [-0.05, 0) is 68.6 Å². The number of fused-ring (bicyclic) bond motifs is 5. The van der Waals surface area contributed by atoms with Crippen molar-refractivity contribution in [1.82, 2.24) is 5.32 Å². The monoisotopic (exact) mass is 490 g/mol. The lowest BCUT2D eigenvalue weighted by Gasteiger charge is -2.58. The molecule has 0 saturated heterocycles. The van der Waals surface area contributed by atoms with Crippen LogP contribution in [-0.2, 0) is 19.1 Å². The molecule has 1 amide bonds. The number of allylic oxidation sites excluding steroid dienone is 4. The van der Waals surface area contributed by atoms with Gasteiger partial charge in [0.05, 0.1) is 12.5 Å². The third-order valence-corrected chi connectivity index (χ3v) is 8.84. The number of nitrogens with two attached hydrogens (primary N) is 1. The second-order valence-corrected chi connectivity index (χ2v) is 10.5. The number of ether oxygens (including phenoxy) is 1. The number of carbonyl (C=O) groups excluding carboxylic acids is 3. The topological polar surface area (TPSA) is 156 Å². The summed E-state index contributed by atoms with van der Waals surface area (Å²) in [6.07, 6.45) is 7.54. The highest BCUT2D eigenvalue weighted by Gasteiger charge is 2.62. The molecule has 0 aromatic carbocycles. The maximum atomic E-state index is 13.0. The number of carboxylic acid groups (broad SMARTS) is 1. The number of aliphatic hydroxyl groups excluding tert-OH is 1. The minimum Gasteiger partial charge on any atom is -0.481 e. The molecule has 4 aliphatic carbocycles. The molecule has 0 spiro atoms. The van der Waals surface area contributed by atoms with Gasteiger partial charge in [0.15, 0.2) is 18.2 Å². The van der Waals surface area contributed by atoms with Crippen LogP contribution in [0, 0.1) is 34.5 Å². The van der Waals surface area contributed by atoms with E-state index < -0.39 is 18.2 Å². The van der Waals surface area contributed by atoms with Gasteiger partial charge in [0, 0.05) is 23.8 Å². The summed E-state index contributed by atoms with van der Waals surface area (Å²) in [5, 5.41) is 22.3. The van der Waals surface area contributed by atoms with Crippen LogP contribution in [-0.4, -0.2) is 60.1 Å². The first kappa shape index (κ1) is 27.1. The summed E-state index contributed by atoms with van der Waals surface area (Å²) in [5.74, 6) is -0.895. The van der Waals surface area contributed by atoms with Gasteiger partial charge in [-0.15, -0.1) is 0 Å². The summed E-state index contributed by atoms with van der Waals surface area (Å²) in [5.41, 5.74) is 4.90. The molecule has 0 bridgehead atoms. The number of amides is 1. The third-order valence-electron chi connectivity index (χ3n) is 8.84. The number of carbonyl (C=O) groups is 4. The summed E-state index contributed by atoms with van der Waals surface area (Å²) < 4.78 is 5.05. The van der Waals surface area contributed by atoms with E-state index in [0.717, 1.165) is 24.8 Å². The number of nitrogens with one attached hydrogen (secondary N) is 1. The molecule has 7 unspecified atom stereocenters. The minimum absolute atomic E-state index is 0.00888. The van der Waals surface area contributed by atoms with E-state index in [2.05, 4.69) is 24.9 Å². The van der Waals surface area contributed by atoms with Gasteiger partial charge in [-0.2, -0.15) is 0 Å². The lowest BCUT2D eigenvalue weighted by molar-refractivity contribution is -0.141. The standard InChI is InChI=1S/C25H33NO7.CH5N/c1-24-9-7-15(27)11-14(24)3-4-16-17-5-6-18(25(17,2)12-19(28)22(16)24)20(29)13-33-23(32)26-10-8-21(30)31;1-2/h7,9,11,16-19,22,28H,3-6,8,10,12-13H2,1-2H3,(H,26,32)(H,30,31);2H2,1H3. The highest BCUT2D eigenvalue weighted by atomic mass is 16.6. The molecule has 7 atom stereocenters. The average molecular weight is 491 g/mol. The first-order valence-electron chi connectivity index (χ1n) is 12.4. The Labute approximate surface area is 206 Å². The molecule has 5 N–H and O–H groups in total. The van der Waals surface area contributed by atoms with E-state index in [4.69, 9.17) is 9.84 Å². The zero-order valence-electron chi connectivity index (χ0n) is 20.8. The number of ketones is 2. The van der Waals surface area contributed by atoms with Gasteiger partial charge in [0.25, 0.3) is 0 Å². The molecule has 9 nitrogen and oxygen atoms in total. The Bertz CT molecular complexity index is 929. The summed E-state index contributed by atoms with van der Waals surface area (Å²) in [7, 11) is 1.50. The highest BCUT2D eigenvalue weighted by Crippen LogP contribution is 2.66. The first-order valence-corrected chi connectivity index (χ1v) is 12.4. The van der Waals surface area contributed by atoms with E-state index in [0.29, 0.717) is 12.8 Å². The number of alkyl carbamates (subject to hydrolysis) is 1. The predicted octanol–water partition coefficient (Wildman–Crippen LogP) is 2.23. The van der Waals surface area contributed by atoms with Gasteiger partial charge in [0.1, 0.15) is 0 Å². The van der Waals surface area contributed by atoms with Crippen molar-refractivity contribution in [3.63, 3.8) is 0 Å². The lowest BCUT2D eigenvalue weighted by atomic mass is 9.46. The Hall–Kier alpha value is -2.52. The van der Waals surface area contributed by atoms with Crippen molar-refractivity contribution in [2.45, 2.75) is 58.5 Å². The molecule has 0 aromatic rings. The van der Waals surface area contributed by atoms with Gasteiger partial charge in [-0.3, -0.25) is 14.4 Å². The van der Waals surface area contributed by atoms with Gasteiger partial charge < -0.3 is 26.0 Å². The number of rotatable bonds is 6. The molecule has 35 heavy (non-hydrogen) atoms. The van der Waals surface area contributed by atoms with Crippen LogP contribution in [0.1, 0.15) is 52.4 Å². The second kappa shape index (κ2) is 10.6. The quantitative estimate of drug-likeness (QED) is 0.442. The lowest BCUT2D eigenvalue weighted by Crippen LogP contribution is -2.56. The minimum atomic E-state index is -1.03. The molecular formula is C26H38N2O7. The SMILES string of the molecule is CC12C=CC(=O)C=C1CCC1C2C(O)CC2(C)C(C(=O)COC(=O)NCCC(=O)O)CCC12.CN. The van der Waals surface area contributed by atoms with Crippen LogP contribution in [0.3, 0.4) is 0 Å². The van der Waals surface area contributed by atoms with E-state index in [9.17, 15) is 24.3 Å². The Morgan fingerprint density at radius 3 is 2.60 bits per heavy atom. The number of aliphatic carboxylic acids is 1. The Morgan fingerprint density at radius 2 is 1.91 bits per heavy atom. The van der Waals surface area contributed by atoms with Crippen LogP contribution in [0.2, 0.25) is 0 Å². The molecule has 0 radical (unpaired) electrons. The fraction of sp³-hybridized carbons (Fsp3) is 0.692. The maximum absolute atomic E-state index is 13.0. The first-order chi connectivity index (χ1) is 16.6. The van der Waals surface area contributed by atoms with Crippen LogP contribution in [0.5, 0.6) is 0 Å². The third kappa shape index (κ3) is 5.07. The van der Waals surface area contributed by atoms with Crippen LogP contribution in [0.4, 0.5) is 4.79 Å². The number of carboxylic acids is 1. The number of aliphatic hydroxyl groups is 1. The van der Waals surface area contributed by atoms with E-state index >= 15 is 0 Å². The largest absolute Gasteiger partial charge is 0.481 e. The van der Waals surface area contributed by atoms with Crippen molar-refractivity contribution >= 4 is 23.6 Å². The Kier molecular flexibility index (Phi) is 8.21. The molecule has 4 rings (SSSR count). The van der Waals surface area contributed by atoms with E-state index in [1.165, 1.54) is 7.05 Å². The Balaban J connectivity index is 0.00000167. The predicted molar refractivity (Wildman–Crippen MR) is 128 cm³/mol. The molecule has 4 aliphatic rings. The molecular weight excluding hydrogens is 452 g/mol. The average Bonchev–Trinajstić information content (AvgIpc) is 3.15. The molecule has 194 valence electrons. The van der Waals surface area contributed by atoms with E-state index in [1.54, 1.807) is 12.2 Å². The van der Waals surface area contributed by atoms with Crippen LogP contribution >= 0.6 is 0 Å². The van der Waals surface area contributed by atoms with Crippen LogP contribution in [0.25, 0.3) is 0 Å². The van der Waals surface area contributed by atoms with Crippen molar-refractivity contribution in [3.05, 3.63) is 23.8 Å². The zero-order chi connectivity index (χ0) is 26.0. The number of Topliss-reactive ketones (excluding diaryl/α,β-unsaturated/α-hetero) is 1. The van der Waals surface area contributed by atoms with E-state index in [-0.39, 0.29) is 65.6 Å². The zero-order valence-corrected chi connectivity index (χ0v) is 20.8. The molecule has 0 aliphatic heterocycles. The Morgan fingerprint density at radius 1 is 1.20 bits per heavy atom. The number of hydrogen-bond donors (Lipinski definition) is 4. The molecule has 0 heterocycles. The highest BCUT2D eigenvalue weighted by molar-refractivity contribution is 6.01. The van der Waals surface area contributed by atoms with Gasteiger partial charge in [0.2, 0.25) is 0 Å². The fourth-order valence-corrected chi connectivity index (χ4v) is 7.41. The fourth-order valence-electron chi connectivity index (χ4n) is 7.41. The molecule has 9 heteroatoms. The number of hydrogen-bond acceptors (Lipinski definition) is 7. The summed E-state index contributed by atoms with van der Waals surface area (Å²) >= 11 is 0. The maximum Gasteiger partial charge on any atom is 0.407 e. The van der Waals surface area contributed by atoms with Gasteiger partial charge >= 0.3 is 12.1 Å². The normalized spacial score (nSPS) is 37.0. The molecule has 3 fully saturated rings. The van der Waals surface area contributed by atoms with Crippen molar-refractivity contribution in [3.8, 4) is 0 Å². The van der Waals surface area contributed by atoms with Crippen molar-refractivity contribution in [2.75, 3.05) is 20.2 Å². The van der Waals surface area contributed by atoms with Crippen molar-refractivity contribution in [2.24, 2.45) is 40.2 Å². The van der Waals surface area contributed by atoms with Crippen LogP contribution in [0.15, 0.2) is 23.8 Å². The van der Waals surface area contributed by atoms with Gasteiger partial charge in [-0.25, -0.2) is 4.79 Å². The summed E-state index contributed by atoms with van der Waals surface area (Å²) in [6.45, 7) is 3.80. The second-order valence-electron chi connectivity index (χ2n) is 10.5. The van der Waals surface area contributed by atoms with Crippen LogP contribution < -0.4 is 11.1 Å². The van der Waals surface area contributed by atoms with E-state index in [1.807, 2.05) is 6.08 Å². The van der Waals surface area contributed by atoms with Crippen molar-refractivity contribution < 1.29 is 34.1 Å². The summed E-state index contributed by atoms with van der Waals surface area (Å²) in [4.78, 5) is 47.3. The smallest absolute Gasteiger partial charge is 0.407 e. The molecule has 3 saturated carbocycles.